The van der Waals surface area contributed by atoms with Crippen molar-refractivity contribution in [2.45, 2.75) is 38.8 Å². The maximum absolute atomic E-state index is 12.4. The van der Waals surface area contributed by atoms with Crippen molar-refractivity contribution in [3.8, 4) is 0 Å². The zero-order valence-electron chi connectivity index (χ0n) is 10.7. The van der Waals surface area contributed by atoms with Crippen LogP contribution in [0.4, 0.5) is 0 Å². The van der Waals surface area contributed by atoms with Crippen LogP contribution in [0.3, 0.4) is 0 Å². The predicted octanol–water partition coefficient (Wildman–Crippen LogP) is 0.680. The number of amides is 1. The van der Waals surface area contributed by atoms with E-state index >= 15 is 0 Å². The van der Waals surface area contributed by atoms with Gasteiger partial charge < -0.3 is 10.6 Å². The topological polar surface area (TPSA) is 64.2 Å². The molecule has 0 spiro atoms. The molecule has 5 nitrogen and oxygen atoms in total. The number of aromatic nitrogens is 2. The number of rotatable bonds is 1. The minimum Gasteiger partial charge on any atom is -0.336 e. The molecule has 1 saturated heterocycles. The Morgan fingerprint density at radius 1 is 1.59 bits per heavy atom. The number of likely N-dealkylation sites (tertiary alicyclic amines) is 1. The molecule has 2 N–H and O–H groups in total. The first-order valence-corrected chi connectivity index (χ1v) is 6.06. The van der Waals surface area contributed by atoms with Crippen LogP contribution in [0, 0.1) is 6.92 Å². The van der Waals surface area contributed by atoms with Gasteiger partial charge in [0.25, 0.3) is 5.91 Å². The largest absolute Gasteiger partial charge is 0.336 e. The first-order chi connectivity index (χ1) is 7.99. The minimum absolute atomic E-state index is 0.0787. The molecule has 2 unspecified atom stereocenters. The fourth-order valence-corrected chi connectivity index (χ4v) is 2.47. The number of carbonyl (C=O) groups is 1. The molecule has 1 aromatic heterocycles. The first kappa shape index (κ1) is 12.1. The highest BCUT2D eigenvalue weighted by Gasteiger charge is 2.29. The number of aryl methyl sites for hydroxylation is 2. The van der Waals surface area contributed by atoms with Gasteiger partial charge in [0.1, 0.15) is 0 Å². The van der Waals surface area contributed by atoms with Crippen LogP contribution < -0.4 is 5.73 Å². The molecular formula is C12H20N4O. The van der Waals surface area contributed by atoms with Crippen molar-refractivity contribution in [2.75, 3.05) is 6.54 Å². The van der Waals surface area contributed by atoms with Gasteiger partial charge in [0.15, 0.2) is 0 Å². The van der Waals surface area contributed by atoms with Crippen molar-refractivity contribution in [3.05, 3.63) is 17.5 Å². The SMILES string of the molecule is Cc1nn(C)cc1C(=O)N1CCC(N)CC1C. The van der Waals surface area contributed by atoms with Gasteiger partial charge in [-0.15, -0.1) is 0 Å². The number of carbonyl (C=O) groups excluding carboxylic acids is 1. The second-order valence-electron chi connectivity index (χ2n) is 4.93. The van der Waals surface area contributed by atoms with Crippen molar-refractivity contribution < 1.29 is 4.79 Å². The van der Waals surface area contributed by atoms with Crippen LogP contribution >= 0.6 is 0 Å². The third kappa shape index (κ3) is 2.34. The Bertz CT molecular complexity index is 426. The molecule has 1 aliphatic heterocycles. The van der Waals surface area contributed by atoms with Crippen LogP contribution in [-0.4, -0.2) is 39.2 Å². The number of nitrogens with two attached hydrogens (primary N) is 1. The lowest BCUT2D eigenvalue weighted by molar-refractivity contribution is 0.0618. The van der Waals surface area contributed by atoms with Gasteiger partial charge in [0.05, 0.1) is 11.3 Å². The second kappa shape index (κ2) is 4.49. The molecule has 0 radical (unpaired) electrons. The van der Waals surface area contributed by atoms with Crippen molar-refractivity contribution in [1.29, 1.82) is 0 Å². The third-order valence-electron chi connectivity index (χ3n) is 3.42. The molecule has 1 fully saturated rings. The third-order valence-corrected chi connectivity index (χ3v) is 3.42. The van der Waals surface area contributed by atoms with E-state index in [2.05, 4.69) is 12.0 Å². The summed E-state index contributed by atoms with van der Waals surface area (Å²) >= 11 is 0. The summed E-state index contributed by atoms with van der Waals surface area (Å²) in [4.78, 5) is 14.3. The quantitative estimate of drug-likeness (QED) is 0.780. The first-order valence-electron chi connectivity index (χ1n) is 6.06. The highest BCUT2D eigenvalue weighted by atomic mass is 16.2. The van der Waals surface area contributed by atoms with Crippen LogP contribution in [0.2, 0.25) is 0 Å². The van der Waals surface area contributed by atoms with Gasteiger partial charge in [0.2, 0.25) is 0 Å². The number of hydrogen-bond donors (Lipinski definition) is 1. The molecule has 17 heavy (non-hydrogen) atoms. The summed E-state index contributed by atoms with van der Waals surface area (Å²) in [6.07, 6.45) is 3.55. The van der Waals surface area contributed by atoms with Crippen LogP contribution in [0.25, 0.3) is 0 Å². The molecule has 1 aliphatic rings. The average molecular weight is 236 g/mol. The summed E-state index contributed by atoms with van der Waals surface area (Å²) in [5, 5.41) is 4.21. The summed E-state index contributed by atoms with van der Waals surface area (Å²) in [6, 6.07) is 0.440. The zero-order valence-corrected chi connectivity index (χ0v) is 10.7. The summed E-state index contributed by atoms with van der Waals surface area (Å²) in [5.41, 5.74) is 7.40. The molecule has 94 valence electrons. The molecule has 0 aromatic carbocycles. The molecule has 2 rings (SSSR count). The van der Waals surface area contributed by atoms with Crippen molar-refractivity contribution in [2.24, 2.45) is 12.8 Å². The van der Waals surface area contributed by atoms with E-state index in [1.54, 1.807) is 10.9 Å². The second-order valence-corrected chi connectivity index (χ2v) is 4.93. The zero-order chi connectivity index (χ0) is 12.6. The molecule has 0 bridgehead atoms. The summed E-state index contributed by atoms with van der Waals surface area (Å²) < 4.78 is 1.68. The van der Waals surface area contributed by atoms with Crippen molar-refractivity contribution in [1.82, 2.24) is 14.7 Å². The lowest BCUT2D eigenvalue weighted by Gasteiger charge is -2.36. The molecule has 1 amide bonds. The maximum atomic E-state index is 12.4. The monoisotopic (exact) mass is 236 g/mol. The van der Waals surface area contributed by atoms with E-state index in [9.17, 15) is 4.79 Å². The Balaban J connectivity index is 2.17. The van der Waals surface area contributed by atoms with Crippen LogP contribution in [-0.2, 0) is 7.05 Å². The van der Waals surface area contributed by atoms with Gasteiger partial charge in [0, 0.05) is 31.9 Å². The van der Waals surface area contributed by atoms with E-state index in [-0.39, 0.29) is 18.0 Å². The Morgan fingerprint density at radius 2 is 2.29 bits per heavy atom. The average Bonchev–Trinajstić information content (AvgIpc) is 2.57. The molecule has 1 aromatic rings. The normalized spacial score (nSPS) is 25.1. The Hall–Kier alpha value is -1.36. The van der Waals surface area contributed by atoms with Gasteiger partial charge in [-0.2, -0.15) is 5.10 Å². The van der Waals surface area contributed by atoms with Crippen molar-refractivity contribution in [3.63, 3.8) is 0 Å². The van der Waals surface area contributed by atoms with Gasteiger partial charge in [-0.25, -0.2) is 0 Å². The van der Waals surface area contributed by atoms with E-state index in [4.69, 9.17) is 5.73 Å². The number of nitrogens with zero attached hydrogens (tertiary/aromatic N) is 3. The Kier molecular flexibility index (Phi) is 3.19. The van der Waals surface area contributed by atoms with Gasteiger partial charge in [-0.05, 0) is 26.7 Å². The molecule has 0 aliphatic carbocycles. The fraction of sp³-hybridized carbons (Fsp3) is 0.667. The van der Waals surface area contributed by atoms with E-state index in [0.717, 1.165) is 25.1 Å². The lowest BCUT2D eigenvalue weighted by atomic mass is 9.98. The number of piperidine rings is 1. The van der Waals surface area contributed by atoms with E-state index in [1.807, 2.05) is 18.9 Å². The van der Waals surface area contributed by atoms with E-state index in [1.165, 1.54) is 0 Å². The standard InChI is InChI=1S/C12H20N4O/c1-8-6-10(13)4-5-16(8)12(17)11-7-15(3)14-9(11)2/h7-8,10H,4-6,13H2,1-3H3. The maximum Gasteiger partial charge on any atom is 0.257 e. The highest BCUT2D eigenvalue weighted by molar-refractivity contribution is 5.95. The minimum atomic E-state index is 0.0787. The Labute approximate surface area is 102 Å². The smallest absolute Gasteiger partial charge is 0.257 e. The van der Waals surface area contributed by atoms with E-state index in [0.29, 0.717) is 5.56 Å². The van der Waals surface area contributed by atoms with Crippen LogP contribution in [0.5, 0.6) is 0 Å². The molecule has 2 atom stereocenters. The number of hydrogen-bond acceptors (Lipinski definition) is 3. The molecule has 5 heteroatoms. The lowest BCUT2D eigenvalue weighted by Crippen LogP contribution is -2.48. The highest BCUT2D eigenvalue weighted by Crippen LogP contribution is 2.19. The van der Waals surface area contributed by atoms with Crippen LogP contribution in [0.1, 0.15) is 35.8 Å². The predicted molar refractivity (Wildman–Crippen MR) is 65.7 cm³/mol. The summed E-state index contributed by atoms with van der Waals surface area (Å²) in [5.74, 6) is 0.0787. The van der Waals surface area contributed by atoms with Gasteiger partial charge in [-0.3, -0.25) is 9.48 Å². The van der Waals surface area contributed by atoms with Gasteiger partial charge in [-0.1, -0.05) is 0 Å². The summed E-state index contributed by atoms with van der Waals surface area (Å²) in [7, 11) is 1.83. The molecular weight excluding hydrogens is 216 g/mol. The molecule has 2 heterocycles. The molecule has 0 saturated carbocycles. The van der Waals surface area contributed by atoms with E-state index < -0.39 is 0 Å². The van der Waals surface area contributed by atoms with Crippen molar-refractivity contribution >= 4 is 5.91 Å². The Morgan fingerprint density at radius 3 is 2.82 bits per heavy atom. The fourth-order valence-electron chi connectivity index (χ4n) is 2.47. The summed E-state index contributed by atoms with van der Waals surface area (Å²) in [6.45, 7) is 4.67. The van der Waals surface area contributed by atoms with Crippen LogP contribution in [0.15, 0.2) is 6.20 Å². The van der Waals surface area contributed by atoms with Gasteiger partial charge >= 0.3 is 0 Å².